The second-order valence-corrected chi connectivity index (χ2v) is 5.18. The van der Waals surface area contributed by atoms with Gasteiger partial charge in [0.1, 0.15) is 0 Å². The lowest BCUT2D eigenvalue weighted by Gasteiger charge is -1.95. The maximum absolute atomic E-state index is 11.3. The Labute approximate surface area is 122 Å². The molecule has 0 atom stereocenters. The molecule has 0 bridgehead atoms. The number of halogens is 1. The number of hydrogen-bond acceptors (Lipinski definition) is 5. The first-order valence-electron chi connectivity index (χ1n) is 5.32. The van der Waals surface area contributed by atoms with Crippen LogP contribution in [-0.2, 0) is 4.79 Å². The third-order valence-corrected chi connectivity index (χ3v) is 3.35. The van der Waals surface area contributed by atoms with Crippen molar-refractivity contribution in [2.75, 3.05) is 0 Å². The lowest BCUT2D eigenvalue weighted by molar-refractivity contribution is -0.384. The number of nitro benzene ring substituents is 1. The van der Waals surface area contributed by atoms with Crippen LogP contribution in [0.4, 0.5) is 10.5 Å². The molecular formula is C12H7ClN2O4S. The Hall–Kier alpha value is -2.12. The highest BCUT2D eigenvalue weighted by Gasteiger charge is 2.24. The van der Waals surface area contributed by atoms with Gasteiger partial charge in [-0.3, -0.25) is 25.0 Å². The highest BCUT2D eigenvalue weighted by molar-refractivity contribution is 8.18. The van der Waals surface area contributed by atoms with E-state index in [0.717, 1.165) is 11.8 Å². The average molecular weight is 311 g/mol. The number of benzene rings is 1. The number of nitro groups is 1. The molecule has 1 saturated heterocycles. The van der Waals surface area contributed by atoms with E-state index in [9.17, 15) is 19.7 Å². The molecule has 0 saturated carbocycles. The molecule has 0 spiro atoms. The topological polar surface area (TPSA) is 89.3 Å². The molecule has 20 heavy (non-hydrogen) atoms. The Balaban J connectivity index is 2.18. The molecule has 1 aromatic rings. The molecule has 1 heterocycles. The van der Waals surface area contributed by atoms with E-state index in [2.05, 4.69) is 5.32 Å². The van der Waals surface area contributed by atoms with Crippen molar-refractivity contribution in [3.05, 3.63) is 56.0 Å². The zero-order chi connectivity index (χ0) is 14.7. The maximum Gasteiger partial charge on any atom is 0.290 e. The zero-order valence-electron chi connectivity index (χ0n) is 9.83. The van der Waals surface area contributed by atoms with Crippen molar-refractivity contribution in [1.29, 1.82) is 0 Å². The monoisotopic (exact) mass is 310 g/mol. The van der Waals surface area contributed by atoms with Crippen LogP contribution in [0, 0.1) is 10.1 Å². The van der Waals surface area contributed by atoms with Crippen molar-refractivity contribution in [3.63, 3.8) is 0 Å². The van der Waals surface area contributed by atoms with Gasteiger partial charge in [-0.05, 0) is 41.6 Å². The van der Waals surface area contributed by atoms with Crippen LogP contribution in [0.15, 0.2) is 40.3 Å². The summed E-state index contributed by atoms with van der Waals surface area (Å²) >= 11 is 6.72. The molecule has 0 unspecified atom stereocenters. The minimum absolute atomic E-state index is 0.0204. The molecule has 2 rings (SSSR count). The standard InChI is InChI=1S/C12H7ClN2O4S/c13-8(6-10-11(16)14-12(17)20-10)5-7-1-3-9(4-2-7)15(18)19/h1-6H,(H,14,16,17)/b8-5-,10-6+. The number of hydrogen-bond donors (Lipinski definition) is 1. The van der Waals surface area contributed by atoms with E-state index in [-0.39, 0.29) is 15.6 Å². The molecule has 8 heteroatoms. The van der Waals surface area contributed by atoms with Gasteiger partial charge in [-0.2, -0.15) is 0 Å². The zero-order valence-corrected chi connectivity index (χ0v) is 11.4. The smallest absolute Gasteiger partial charge is 0.282 e. The van der Waals surface area contributed by atoms with Crippen molar-refractivity contribution in [2.45, 2.75) is 0 Å². The van der Waals surface area contributed by atoms with Crippen molar-refractivity contribution >= 4 is 46.3 Å². The van der Waals surface area contributed by atoms with Crippen LogP contribution in [0.25, 0.3) is 6.08 Å². The van der Waals surface area contributed by atoms with Gasteiger partial charge in [0.05, 0.1) is 9.83 Å². The predicted octanol–water partition coefficient (Wildman–Crippen LogP) is 3.04. The van der Waals surface area contributed by atoms with Crippen molar-refractivity contribution in [1.82, 2.24) is 5.32 Å². The number of allylic oxidation sites excluding steroid dienone is 2. The van der Waals surface area contributed by atoms with Gasteiger partial charge >= 0.3 is 0 Å². The van der Waals surface area contributed by atoms with Gasteiger partial charge in [-0.25, -0.2) is 0 Å². The van der Waals surface area contributed by atoms with Gasteiger partial charge in [0, 0.05) is 17.2 Å². The van der Waals surface area contributed by atoms with Crippen molar-refractivity contribution in [2.24, 2.45) is 0 Å². The first kappa shape index (κ1) is 14.3. The first-order chi connectivity index (χ1) is 9.45. The summed E-state index contributed by atoms with van der Waals surface area (Å²) in [6.07, 6.45) is 2.91. The molecule has 0 radical (unpaired) electrons. The van der Waals surface area contributed by atoms with Crippen molar-refractivity contribution in [3.8, 4) is 0 Å². The summed E-state index contributed by atoms with van der Waals surface area (Å²) in [5.41, 5.74) is 0.625. The summed E-state index contributed by atoms with van der Waals surface area (Å²) in [5.74, 6) is -0.491. The quantitative estimate of drug-likeness (QED) is 0.526. The summed E-state index contributed by atoms with van der Waals surface area (Å²) in [6, 6.07) is 5.77. The van der Waals surface area contributed by atoms with Gasteiger partial charge in [-0.15, -0.1) is 0 Å². The normalized spacial score (nSPS) is 17.4. The third kappa shape index (κ3) is 3.46. The second-order valence-electron chi connectivity index (χ2n) is 3.73. The lowest BCUT2D eigenvalue weighted by Crippen LogP contribution is -2.17. The maximum atomic E-state index is 11.3. The van der Waals surface area contributed by atoms with Crippen LogP contribution in [0.2, 0.25) is 0 Å². The first-order valence-corrected chi connectivity index (χ1v) is 6.51. The fourth-order valence-electron chi connectivity index (χ4n) is 1.44. The number of nitrogens with one attached hydrogen (secondary N) is 1. The fourth-order valence-corrected chi connectivity index (χ4v) is 2.41. The van der Waals surface area contributed by atoms with Crippen LogP contribution in [0.3, 0.4) is 0 Å². The Morgan fingerprint density at radius 3 is 2.45 bits per heavy atom. The third-order valence-electron chi connectivity index (χ3n) is 2.32. The summed E-state index contributed by atoms with van der Waals surface area (Å²) in [7, 11) is 0. The number of non-ortho nitro benzene ring substituents is 1. The van der Waals surface area contributed by atoms with Crippen LogP contribution in [-0.4, -0.2) is 16.1 Å². The van der Waals surface area contributed by atoms with Crippen LogP contribution < -0.4 is 5.32 Å². The summed E-state index contributed by atoms with van der Waals surface area (Å²) in [4.78, 5) is 32.5. The van der Waals surface area contributed by atoms with E-state index in [4.69, 9.17) is 11.6 Å². The molecule has 1 fully saturated rings. The number of thioether (sulfide) groups is 1. The molecule has 6 nitrogen and oxygen atoms in total. The Morgan fingerprint density at radius 1 is 1.30 bits per heavy atom. The summed E-state index contributed by atoms with van der Waals surface area (Å²) < 4.78 is 0. The number of carbonyl (C=O) groups is 2. The van der Waals surface area contributed by atoms with E-state index in [1.165, 1.54) is 36.4 Å². The summed E-state index contributed by atoms with van der Waals surface area (Å²) in [6.45, 7) is 0. The molecule has 1 aromatic carbocycles. The molecule has 1 N–H and O–H groups in total. The Kier molecular flexibility index (Phi) is 4.21. The molecule has 1 aliphatic rings. The Bertz CT molecular complexity index is 652. The largest absolute Gasteiger partial charge is 0.290 e. The minimum atomic E-state index is -0.498. The van der Waals surface area contributed by atoms with Gasteiger partial charge in [-0.1, -0.05) is 11.6 Å². The summed E-state index contributed by atoms with van der Waals surface area (Å²) in [5, 5.41) is 12.4. The van der Waals surface area contributed by atoms with Gasteiger partial charge in [0.2, 0.25) is 0 Å². The highest BCUT2D eigenvalue weighted by Crippen LogP contribution is 2.26. The second kappa shape index (κ2) is 5.89. The molecule has 102 valence electrons. The number of nitrogens with zero attached hydrogens (tertiary/aromatic N) is 1. The molecular weight excluding hydrogens is 304 g/mol. The van der Waals surface area contributed by atoms with Gasteiger partial charge in [0.15, 0.2) is 0 Å². The van der Waals surface area contributed by atoms with Gasteiger partial charge in [0.25, 0.3) is 16.8 Å². The predicted molar refractivity (Wildman–Crippen MR) is 76.1 cm³/mol. The van der Waals surface area contributed by atoms with E-state index in [0.29, 0.717) is 5.56 Å². The van der Waals surface area contributed by atoms with Crippen molar-refractivity contribution < 1.29 is 14.5 Å². The Morgan fingerprint density at radius 2 is 1.95 bits per heavy atom. The SMILES string of the molecule is O=C1NC(=O)/C(=C\C(Cl)=C\c2ccc([N+](=O)[O-])cc2)S1. The van der Waals surface area contributed by atoms with Crippen LogP contribution in [0.5, 0.6) is 0 Å². The molecule has 1 aliphatic heterocycles. The molecule has 2 amide bonds. The van der Waals surface area contributed by atoms with E-state index < -0.39 is 16.1 Å². The minimum Gasteiger partial charge on any atom is -0.282 e. The molecule has 0 aromatic heterocycles. The number of imide groups is 1. The van der Waals surface area contributed by atoms with E-state index >= 15 is 0 Å². The number of amides is 2. The molecule has 0 aliphatic carbocycles. The fraction of sp³-hybridized carbons (Fsp3) is 0. The number of carbonyl (C=O) groups excluding carboxylic acids is 2. The van der Waals surface area contributed by atoms with E-state index in [1.54, 1.807) is 0 Å². The average Bonchev–Trinajstić information content (AvgIpc) is 2.68. The van der Waals surface area contributed by atoms with Crippen LogP contribution in [0.1, 0.15) is 5.56 Å². The lowest BCUT2D eigenvalue weighted by atomic mass is 10.2. The highest BCUT2D eigenvalue weighted by atomic mass is 35.5. The van der Waals surface area contributed by atoms with E-state index in [1.807, 2.05) is 0 Å². The number of rotatable bonds is 3. The van der Waals surface area contributed by atoms with Gasteiger partial charge < -0.3 is 0 Å². The van der Waals surface area contributed by atoms with Crippen LogP contribution >= 0.6 is 23.4 Å².